The zero-order valence-corrected chi connectivity index (χ0v) is 18.2. The first-order valence-corrected chi connectivity index (χ1v) is 10.1. The van der Waals surface area contributed by atoms with Gasteiger partial charge >= 0.3 is 17.1 Å². The van der Waals surface area contributed by atoms with Crippen LogP contribution in [0, 0.1) is 63.7 Å². The summed E-state index contributed by atoms with van der Waals surface area (Å²) in [6.07, 6.45) is 22.6. The molecule has 0 spiro atoms. The van der Waals surface area contributed by atoms with Crippen LogP contribution in [0.1, 0.15) is 12.8 Å². The van der Waals surface area contributed by atoms with E-state index >= 15 is 0 Å². The van der Waals surface area contributed by atoms with Gasteiger partial charge < -0.3 is 10.6 Å². The Labute approximate surface area is 192 Å². The second-order valence-electron chi connectivity index (χ2n) is 6.59. The number of benzene rings is 1. The molecule has 0 aliphatic heterocycles. The molecule has 0 unspecified atom stereocenters. The third-order valence-electron chi connectivity index (χ3n) is 4.42. The summed E-state index contributed by atoms with van der Waals surface area (Å²) >= 11 is 6.02. The first kappa shape index (κ1) is 24.5. The van der Waals surface area contributed by atoms with Crippen LogP contribution in [-0.2, 0) is 17.1 Å². The van der Waals surface area contributed by atoms with E-state index in [-0.39, 0.29) is 17.1 Å². The molecule has 5 heteroatoms. The van der Waals surface area contributed by atoms with Crippen LogP contribution in [0.3, 0.4) is 0 Å². The van der Waals surface area contributed by atoms with Crippen molar-refractivity contribution in [2.45, 2.75) is 12.8 Å². The van der Waals surface area contributed by atoms with Gasteiger partial charge in [-0.05, 0) is 107 Å². The van der Waals surface area contributed by atoms with Crippen LogP contribution in [0.2, 0.25) is 5.02 Å². The summed E-state index contributed by atoms with van der Waals surface area (Å²) in [6.45, 7) is 2.95. The van der Waals surface area contributed by atoms with E-state index in [0.717, 1.165) is 54.1 Å². The number of unbranched alkanes of at least 4 members (excludes halogenated alkanes) is 1. The Bertz CT molecular complexity index is 692. The zero-order valence-electron chi connectivity index (χ0n) is 16.3. The molecule has 1 aromatic heterocycles. The smallest absolute Gasteiger partial charge is 0.384 e. The molecular formula is C24H26ClFeN3+2. The van der Waals surface area contributed by atoms with Crippen molar-refractivity contribution in [3.63, 3.8) is 0 Å². The minimum absolute atomic E-state index is 0. The minimum atomic E-state index is 0. The van der Waals surface area contributed by atoms with Crippen LogP contribution < -0.4 is 10.6 Å². The molecule has 2 saturated carbocycles. The molecular weight excluding hydrogens is 422 g/mol. The number of pyridine rings is 1. The summed E-state index contributed by atoms with van der Waals surface area (Å²) in [6, 6.07) is 7.85. The molecule has 1 aromatic carbocycles. The number of fused-ring (bicyclic) bond motifs is 1. The van der Waals surface area contributed by atoms with Gasteiger partial charge in [0, 0.05) is 35.4 Å². The summed E-state index contributed by atoms with van der Waals surface area (Å²) < 4.78 is 0. The monoisotopic (exact) mass is 447 g/mol. The van der Waals surface area contributed by atoms with E-state index in [0.29, 0.717) is 0 Å². The van der Waals surface area contributed by atoms with Crippen molar-refractivity contribution in [2.75, 3.05) is 25.0 Å². The van der Waals surface area contributed by atoms with Crippen molar-refractivity contribution in [1.29, 1.82) is 0 Å². The average Bonchev–Trinajstić information content (AvgIpc) is 3.44. The number of hydrogen-bond acceptors (Lipinski definition) is 3. The molecule has 10 radical (unpaired) electrons. The average molecular weight is 448 g/mol. The van der Waals surface area contributed by atoms with Gasteiger partial charge in [0.05, 0.1) is 5.52 Å². The molecule has 0 bridgehead atoms. The minimum Gasteiger partial charge on any atom is -0.384 e. The van der Waals surface area contributed by atoms with Crippen LogP contribution >= 0.6 is 11.6 Å². The molecule has 2 aliphatic rings. The Morgan fingerprint density at radius 2 is 1.52 bits per heavy atom. The van der Waals surface area contributed by atoms with Crippen LogP contribution in [-0.4, -0.2) is 24.6 Å². The van der Waals surface area contributed by atoms with E-state index in [1.54, 1.807) is 0 Å². The van der Waals surface area contributed by atoms with E-state index in [9.17, 15) is 0 Å². The van der Waals surface area contributed by atoms with Gasteiger partial charge in [-0.15, -0.1) is 0 Å². The van der Waals surface area contributed by atoms with E-state index in [1.807, 2.05) is 62.6 Å². The molecule has 2 N–H and O–H groups in total. The van der Waals surface area contributed by atoms with E-state index < -0.39 is 0 Å². The Hall–Kier alpha value is -0.801. The van der Waals surface area contributed by atoms with Crippen molar-refractivity contribution in [2.24, 2.45) is 0 Å². The van der Waals surface area contributed by atoms with Gasteiger partial charge in [0.15, 0.2) is 0 Å². The number of hydrogen-bond donors (Lipinski definition) is 2. The van der Waals surface area contributed by atoms with Crippen LogP contribution in [0.25, 0.3) is 10.9 Å². The summed E-state index contributed by atoms with van der Waals surface area (Å²) in [7, 11) is 0. The van der Waals surface area contributed by atoms with E-state index in [4.69, 9.17) is 11.6 Å². The van der Waals surface area contributed by atoms with Crippen molar-refractivity contribution in [3.8, 4) is 0 Å². The summed E-state index contributed by atoms with van der Waals surface area (Å²) in [5.74, 6) is 1.35. The molecule has 4 rings (SSSR count). The molecule has 2 fully saturated rings. The SMILES string of the molecule is Clc1ccc2c(NCCCCNC[C]3[CH][CH][CH][CH]3)ccnc2c1.[CH]1[CH][CH][CH][CH]1.[Fe+2]. The van der Waals surface area contributed by atoms with Gasteiger partial charge in [-0.25, -0.2) is 0 Å². The fraction of sp³-hybridized carbons (Fsp3) is 0.208. The predicted molar refractivity (Wildman–Crippen MR) is 119 cm³/mol. The van der Waals surface area contributed by atoms with Gasteiger partial charge in [0.1, 0.15) is 0 Å². The standard InChI is InChI=1S/C19H21ClN3.C5H5.Fe/c20-16-7-8-17-18(9-12-23-19(17)13-16)22-11-4-3-10-21-14-15-5-1-2-6-15;1-2-4-5-3-1;/h1-2,5-9,12-13,21H,3-4,10-11,14H2,(H,22,23);1-5H;/q;;+2. The normalized spacial score (nSPS) is 16.3. The predicted octanol–water partition coefficient (Wildman–Crippen LogP) is 5.09. The number of anilines is 1. The topological polar surface area (TPSA) is 37.0 Å². The Kier molecular flexibility index (Phi) is 12.0. The van der Waals surface area contributed by atoms with Gasteiger partial charge in [-0.1, -0.05) is 11.6 Å². The van der Waals surface area contributed by atoms with Crippen molar-refractivity contribution >= 4 is 28.2 Å². The third-order valence-corrected chi connectivity index (χ3v) is 4.65. The molecule has 2 aromatic rings. The van der Waals surface area contributed by atoms with Crippen molar-refractivity contribution in [3.05, 3.63) is 99.2 Å². The Balaban J connectivity index is 0.000000437. The maximum atomic E-state index is 6.02. The van der Waals surface area contributed by atoms with Crippen molar-refractivity contribution < 1.29 is 17.1 Å². The summed E-state index contributed by atoms with van der Waals surface area (Å²) in [4.78, 5) is 4.36. The number of aromatic nitrogens is 1. The van der Waals surface area contributed by atoms with E-state index in [1.165, 1.54) is 5.92 Å². The molecule has 2 aliphatic carbocycles. The Morgan fingerprint density at radius 1 is 0.828 bits per heavy atom. The van der Waals surface area contributed by atoms with E-state index in [2.05, 4.69) is 41.3 Å². The molecule has 0 atom stereocenters. The zero-order chi connectivity index (χ0) is 19.4. The molecule has 3 nitrogen and oxygen atoms in total. The second-order valence-corrected chi connectivity index (χ2v) is 7.02. The molecule has 1 heterocycles. The largest absolute Gasteiger partial charge is 2.00 e. The number of halogens is 1. The summed E-state index contributed by atoms with van der Waals surface area (Å²) in [5, 5.41) is 8.81. The van der Waals surface area contributed by atoms with Gasteiger partial charge in [0.2, 0.25) is 0 Å². The number of nitrogens with one attached hydrogen (secondary N) is 2. The fourth-order valence-corrected chi connectivity index (χ4v) is 3.12. The maximum absolute atomic E-state index is 6.02. The second kappa shape index (κ2) is 14.2. The quantitative estimate of drug-likeness (QED) is 0.437. The maximum Gasteiger partial charge on any atom is 2.00 e. The first-order chi connectivity index (χ1) is 13.8. The van der Waals surface area contributed by atoms with Crippen LogP contribution in [0.15, 0.2) is 30.5 Å². The van der Waals surface area contributed by atoms with Gasteiger partial charge in [-0.2, -0.15) is 0 Å². The molecule has 29 heavy (non-hydrogen) atoms. The molecule has 0 saturated heterocycles. The number of nitrogens with zero attached hydrogens (tertiary/aromatic N) is 1. The van der Waals surface area contributed by atoms with Crippen LogP contribution in [0.4, 0.5) is 5.69 Å². The summed E-state index contributed by atoms with van der Waals surface area (Å²) in [5.41, 5.74) is 2.05. The number of rotatable bonds is 8. The van der Waals surface area contributed by atoms with Gasteiger partial charge in [-0.3, -0.25) is 4.98 Å². The molecule has 150 valence electrons. The van der Waals surface area contributed by atoms with Gasteiger partial charge in [0.25, 0.3) is 0 Å². The van der Waals surface area contributed by atoms with Crippen LogP contribution in [0.5, 0.6) is 0 Å². The Morgan fingerprint density at radius 3 is 2.24 bits per heavy atom. The first-order valence-electron chi connectivity index (χ1n) is 9.69. The fourth-order valence-electron chi connectivity index (χ4n) is 2.96. The third kappa shape index (κ3) is 8.84. The molecule has 0 amide bonds. The van der Waals surface area contributed by atoms with Crippen molar-refractivity contribution in [1.82, 2.24) is 10.3 Å².